The number of hydrogen-bond donors (Lipinski definition) is 1. The SMILES string of the molecule is C/C(COc1ccc2ccc(=O)oc2c1)=N\Nc1ccc([N+](=O)[O-])cc1[N+](=O)[O-]. The maximum Gasteiger partial charge on any atom is 0.336 e. The van der Waals surface area contributed by atoms with Crippen LogP contribution < -0.4 is 15.8 Å². The van der Waals surface area contributed by atoms with E-state index < -0.39 is 26.8 Å². The molecule has 1 heterocycles. The van der Waals surface area contributed by atoms with Gasteiger partial charge in [-0.15, -0.1) is 0 Å². The van der Waals surface area contributed by atoms with E-state index in [9.17, 15) is 25.0 Å². The van der Waals surface area contributed by atoms with E-state index in [-0.39, 0.29) is 12.3 Å². The number of anilines is 1. The second-order valence-corrected chi connectivity index (χ2v) is 5.92. The van der Waals surface area contributed by atoms with Gasteiger partial charge in [0.05, 0.1) is 21.6 Å². The second-order valence-electron chi connectivity index (χ2n) is 5.92. The Balaban J connectivity index is 1.70. The van der Waals surface area contributed by atoms with Gasteiger partial charge in [0.2, 0.25) is 0 Å². The first-order valence-corrected chi connectivity index (χ1v) is 8.22. The van der Waals surface area contributed by atoms with Gasteiger partial charge in [-0.1, -0.05) is 0 Å². The first kappa shape index (κ1) is 19.5. The molecule has 0 aliphatic heterocycles. The Morgan fingerprint density at radius 3 is 2.59 bits per heavy atom. The smallest absolute Gasteiger partial charge is 0.336 e. The zero-order valence-corrected chi connectivity index (χ0v) is 15.0. The molecule has 11 nitrogen and oxygen atoms in total. The summed E-state index contributed by atoms with van der Waals surface area (Å²) in [5, 5.41) is 26.6. The number of nitrogens with one attached hydrogen (secondary N) is 1. The number of hydrogen-bond acceptors (Lipinski definition) is 9. The van der Waals surface area contributed by atoms with Crippen LogP contribution in [0.5, 0.6) is 5.75 Å². The van der Waals surface area contributed by atoms with Crippen LogP contribution in [0.2, 0.25) is 0 Å². The lowest BCUT2D eigenvalue weighted by Gasteiger charge is -2.07. The van der Waals surface area contributed by atoms with Crippen LogP contribution >= 0.6 is 0 Å². The molecular weight excluding hydrogens is 384 g/mol. The summed E-state index contributed by atoms with van der Waals surface area (Å²) in [4.78, 5) is 31.7. The normalized spacial score (nSPS) is 11.3. The highest BCUT2D eigenvalue weighted by molar-refractivity contribution is 5.84. The molecule has 0 saturated heterocycles. The monoisotopic (exact) mass is 398 g/mol. The van der Waals surface area contributed by atoms with E-state index in [0.717, 1.165) is 17.5 Å². The quantitative estimate of drug-likeness (QED) is 0.275. The second kappa shape index (κ2) is 8.17. The topological polar surface area (TPSA) is 150 Å². The molecular formula is C18H14N4O7. The van der Waals surface area contributed by atoms with Crippen molar-refractivity contribution in [2.75, 3.05) is 12.0 Å². The maximum absolute atomic E-state index is 11.3. The van der Waals surface area contributed by atoms with Crippen molar-refractivity contribution in [3.05, 3.63) is 79.2 Å². The van der Waals surface area contributed by atoms with Crippen LogP contribution in [0.15, 0.2) is 62.8 Å². The van der Waals surface area contributed by atoms with Crippen LogP contribution in [0.3, 0.4) is 0 Å². The third-order valence-electron chi connectivity index (χ3n) is 3.80. The van der Waals surface area contributed by atoms with Gasteiger partial charge in [-0.3, -0.25) is 25.7 Å². The van der Waals surface area contributed by atoms with Gasteiger partial charge in [-0.05, 0) is 31.2 Å². The number of fused-ring (bicyclic) bond motifs is 1. The molecule has 1 N–H and O–H groups in total. The number of ether oxygens (including phenoxy) is 1. The number of hydrazone groups is 1. The number of nitro benzene ring substituents is 2. The molecule has 0 spiro atoms. The van der Waals surface area contributed by atoms with Crippen LogP contribution in [0.25, 0.3) is 11.0 Å². The van der Waals surface area contributed by atoms with Crippen LogP contribution in [-0.2, 0) is 0 Å². The third-order valence-corrected chi connectivity index (χ3v) is 3.80. The molecule has 0 fully saturated rings. The lowest BCUT2D eigenvalue weighted by Crippen LogP contribution is -2.10. The van der Waals surface area contributed by atoms with Gasteiger partial charge in [-0.2, -0.15) is 5.10 Å². The van der Waals surface area contributed by atoms with Crippen molar-refractivity contribution in [1.82, 2.24) is 0 Å². The van der Waals surface area contributed by atoms with E-state index in [0.29, 0.717) is 17.0 Å². The Bertz CT molecular complexity index is 1190. The summed E-state index contributed by atoms with van der Waals surface area (Å²) in [6.45, 7) is 1.68. The molecule has 0 bridgehead atoms. The molecule has 11 heteroatoms. The molecule has 29 heavy (non-hydrogen) atoms. The van der Waals surface area contributed by atoms with E-state index in [1.165, 1.54) is 12.1 Å². The molecule has 0 atom stereocenters. The third kappa shape index (κ3) is 4.71. The van der Waals surface area contributed by atoms with Crippen molar-refractivity contribution in [3.63, 3.8) is 0 Å². The molecule has 1 aromatic heterocycles. The van der Waals surface area contributed by atoms with E-state index in [2.05, 4.69) is 10.5 Å². The Kier molecular flexibility index (Phi) is 5.49. The minimum Gasteiger partial charge on any atom is -0.487 e. The summed E-state index contributed by atoms with van der Waals surface area (Å²) in [6.07, 6.45) is 0. The standard InChI is InChI=1S/C18H14N4O7/c1-11(10-28-14-5-2-12-3-7-18(23)29-17(12)9-14)19-20-15-6-4-13(21(24)25)8-16(15)22(26)27/h2-9,20H,10H2,1H3/b19-11+. The lowest BCUT2D eigenvalue weighted by atomic mass is 10.2. The van der Waals surface area contributed by atoms with Crippen LogP contribution in [-0.4, -0.2) is 22.2 Å². The predicted octanol–water partition coefficient (Wildman–Crippen LogP) is 3.48. The highest BCUT2D eigenvalue weighted by atomic mass is 16.6. The highest BCUT2D eigenvalue weighted by Gasteiger charge is 2.19. The fraction of sp³-hybridized carbons (Fsp3) is 0.111. The number of nitro groups is 2. The summed E-state index contributed by atoms with van der Waals surface area (Å²) in [5.41, 5.74) is 2.02. The molecule has 0 saturated carbocycles. The minimum atomic E-state index is -0.737. The van der Waals surface area contributed by atoms with Gasteiger partial charge in [0.15, 0.2) is 0 Å². The van der Waals surface area contributed by atoms with Gasteiger partial charge in [0.25, 0.3) is 5.69 Å². The van der Waals surface area contributed by atoms with Crippen LogP contribution in [0.4, 0.5) is 17.1 Å². The number of nitrogens with zero attached hydrogens (tertiary/aromatic N) is 3. The number of rotatable bonds is 7. The largest absolute Gasteiger partial charge is 0.487 e. The Morgan fingerprint density at radius 1 is 1.10 bits per heavy atom. The first-order chi connectivity index (χ1) is 13.8. The average Bonchev–Trinajstić information content (AvgIpc) is 2.70. The number of benzene rings is 2. The van der Waals surface area contributed by atoms with Crippen molar-refractivity contribution >= 4 is 33.7 Å². The van der Waals surface area contributed by atoms with Gasteiger partial charge in [0.1, 0.15) is 23.6 Å². The molecule has 0 amide bonds. The Morgan fingerprint density at radius 2 is 1.86 bits per heavy atom. The highest BCUT2D eigenvalue weighted by Crippen LogP contribution is 2.29. The Labute approximate surface area is 162 Å². The summed E-state index contributed by atoms with van der Waals surface area (Å²) in [5.74, 6) is 0.447. The molecule has 0 radical (unpaired) electrons. The summed E-state index contributed by atoms with van der Waals surface area (Å²) < 4.78 is 10.7. The van der Waals surface area contributed by atoms with Crippen LogP contribution in [0, 0.1) is 20.2 Å². The average molecular weight is 398 g/mol. The van der Waals surface area contributed by atoms with Crippen LogP contribution in [0.1, 0.15) is 6.92 Å². The lowest BCUT2D eigenvalue weighted by molar-refractivity contribution is -0.393. The van der Waals surface area contributed by atoms with Crippen molar-refractivity contribution in [2.24, 2.45) is 5.10 Å². The zero-order valence-electron chi connectivity index (χ0n) is 15.0. The summed E-state index contributed by atoms with van der Waals surface area (Å²) in [6, 6.07) is 11.2. The van der Waals surface area contributed by atoms with E-state index in [1.54, 1.807) is 31.2 Å². The van der Waals surface area contributed by atoms with Gasteiger partial charge >= 0.3 is 11.3 Å². The molecule has 3 aromatic rings. The molecule has 148 valence electrons. The van der Waals surface area contributed by atoms with Crippen molar-refractivity contribution in [2.45, 2.75) is 6.92 Å². The van der Waals surface area contributed by atoms with E-state index in [4.69, 9.17) is 9.15 Å². The van der Waals surface area contributed by atoms with Crippen molar-refractivity contribution in [3.8, 4) is 5.75 Å². The molecule has 0 aliphatic carbocycles. The van der Waals surface area contributed by atoms with Gasteiger partial charge in [0, 0.05) is 23.6 Å². The van der Waals surface area contributed by atoms with E-state index in [1.807, 2.05) is 0 Å². The predicted molar refractivity (Wildman–Crippen MR) is 104 cm³/mol. The maximum atomic E-state index is 11.3. The number of non-ortho nitro benzene ring substituents is 1. The van der Waals surface area contributed by atoms with Crippen molar-refractivity contribution in [1.29, 1.82) is 0 Å². The summed E-state index contributed by atoms with van der Waals surface area (Å²) in [7, 11) is 0. The minimum absolute atomic E-state index is 0.00688. The molecule has 0 unspecified atom stereocenters. The Hall–Kier alpha value is -4.28. The van der Waals surface area contributed by atoms with Gasteiger partial charge in [-0.25, -0.2) is 4.79 Å². The summed E-state index contributed by atoms with van der Waals surface area (Å²) >= 11 is 0. The molecule has 2 aromatic carbocycles. The van der Waals surface area contributed by atoms with E-state index >= 15 is 0 Å². The zero-order chi connectivity index (χ0) is 21.0. The fourth-order valence-corrected chi connectivity index (χ4v) is 2.39. The van der Waals surface area contributed by atoms with Gasteiger partial charge < -0.3 is 9.15 Å². The first-order valence-electron chi connectivity index (χ1n) is 8.22. The fourth-order valence-electron chi connectivity index (χ4n) is 2.39. The molecule has 0 aliphatic rings. The van der Waals surface area contributed by atoms with Crippen molar-refractivity contribution < 1.29 is 19.0 Å². The molecule has 3 rings (SSSR count).